The Bertz CT molecular complexity index is 698. The molecule has 0 saturated heterocycles. The predicted octanol–water partition coefficient (Wildman–Crippen LogP) is 0.803. The summed E-state index contributed by atoms with van der Waals surface area (Å²) in [6.45, 7) is 0.339. The SMILES string of the molecule is NC(=O)[C@H](CCC(=O)NCC1C=C(Br)NO1)NC(=O)OCc1ccccc1. The zero-order chi connectivity index (χ0) is 19.6. The fourth-order valence-electron chi connectivity index (χ4n) is 2.23. The largest absolute Gasteiger partial charge is 0.445 e. The highest BCUT2D eigenvalue weighted by Crippen LogP contribution is 2.11. The number of alkyl carbamates (subject to hydrolysis) is 1. The van der Waals surface area contributed by atoms with Crippen molar-refractivity contribution in [2.75, 3.05) is 6.54 Å². The van der Waals surface area contributed by atoms with E-state index in [2.05, 4.69) is 32.0 Å². The van der Waals surface area contributed by atoms with Crippen molar-refractivity contribution in [2.45, 2.75) is 31.6 Å². The van der Waals surface area contributed by atoms with E-state index in [1.807, 2.05) is 18.2 Å². The molecule has 1 unspecified atom stereocenters. The Morgan fingerprint density at radius 3 is 2.67 bits per heavy atom. The van der Waals surface area contributed by atoms with Gasteiger partial charge < -0.3 is 21.1 Å². The molecule has 2 rings (SSSR count). The van der Waals surface area contributed by atoms with Gasteiger partial charge in [-0.05, 0) is 34.0 Å². The summed E-state index contributed by atoms with van der Waals surface area (Å²) in [6, 6.07) is 8.10. The van der Waals surface area contributed by atoms with Gasteiger partial charge in [0.25, 0.3) is 0 Å². The summed E-state index contributed by atoms with van der Waals surface area (Å²) in [5.74, 6) is -1.03. The van der Waals surface area contributed by atoms with Crippen LogP contribution in [0, 0.1) is 0 Å². The molecule has 3 amide bonds. The summed E-state index contributed by atoms with van der Waals surface area (Å²) >= 11 is 3.21. The fourth-order valence-corrected chi connectivity index (χ4v) is 2.62. The van der Waals surface area contributed by atoms with Crippen LogP contribution in [-0.2, 0) is 25.8 Å². The third kappa shape index (κ3) is 7.67. The maximum Gasteiger partial charge on any atom is 0.408 e. The van der Waals surface area contributed by atoms with E-state index < -0.39 is 18.0 Å². The van der Waals surface area contributed by atoms with Crippen LogP contribution in [0.2, 0.25) is 0 Å². The zero-order valence-corrected chi connectivity index (χ0v) is 16.0. The fraction of sp³-hybridized carbons (Fsp3) is 0.353. The average molecular weight is 441 g/mol. The first-order valence-corrected chi connectivity index (χ1v) is 9.05. The van der Waals surface area contributed by atoms with Gasteiger partial charge in [0.15, 0.2) is 0 Å². The number of carbonyl (C=O) groups excluding carboxylic acids is 3. The lowest BCUT2D eigenvalue weighted by molar-refractivity contribution is -0.122. The number of hydrogen-bond acceptors (Lipinski definition) is 6. The van der Waals surface area contributed by atoms with Crippen molar-refractivity contribution in [1.29, 1.82) is 0 Å². The highest BCUT2D eigenvalue weighted by molar-refractivity contribution is 9.11. The molecule has 1 aromatic carbocycles. The van der Waals surface area contributed by atoms with Crippen molar-refractivity contribution in [3.05, 3.63) is 46.6 Å². The first-order chi connectivity index (χ1) is 12.9. The van der Waals surface area contributed by atoms with Crippen LogP contribution in [0.4, 0.5) is 4.79 Å². The number of halogens is 1. The summed E-state index contributed by atoms with van der Waals surface area (Å²) in [4.78, 5) is 40.4. The first kappa shape index (κ1) is 20.7. The summed E-state index contributed by atoms with van der Waals surface area (Å²) < 4.78 is 5.74. The minimum Gasteiger partial charge on any atom is -0.445 e. The van der Waals surface area contributed by atoms with Crippen LogP contribution in [0.3, 0.4) is 0 Å². The van der Waals surface area contributed by atoms with Gasteiger partial charge in [-0.1, -0.05) is 30.3 Å². The molecule has 10 heteroatoms. The van der Waals surface area contributed by atoms with Crippen molar-refractivity contribution in [3.8, 4) is 0 Å². The monoisotopic (exact) mass is 440 g/mol. The molecule has 5 N–H and O–H groups in total. The van der Waals surface area contributed by atoms with Gasteiger partial charge >= 0.3 is 6.09 Å². The van der Waals surface area contributed by atoms with E-state index in [4.69, 9.17) is 15.3 Å². The van der Waals surface area contributed by atoms with Crippen molar-refractivity contribution >= 4 is 33.8 Å². The number of primary amides is 1. The van der Waals surface area contributed by atoms with E-state index in [9.17, 15) is 14.4 Å². The summed E-state index contributed by atoms with van der Waals surface area (Å²) in [5.41, 5.74) is 8.70. The molecule has 1 aliphatic heterocycles. The molecule has 1 aliphatic rings. The van der Waals surface area contributed by atoms with E-state index in [-0.39, 0.29) is 38.0 Å². The van der Waals surface area contributed by atoms with Gasteiger partial charge in [-0.3, -0.25) is 19.9 Å². The Hall–Kier alpha value is -2.59. The van der Waals surface area contributed by atoms with Crippen LogP contribution in [0.25, 0.3) is 0 Å². The molecular formula is C17H21BrN4O5. The molecule has 0 saturated carbocycles. The molecule has 146 valence electrons. The zero-order valence-electron chi connectivity index (χ0n) is 14.4. The van der Waals surface area contributed by atoms with Gasteiger partial charge in [0.1, 0.15) is 23.4 Å². The quantitative estimate of drug-likeness (QED) is 0.420. The molecule has 0 spiro atoms. The molecule has 0 aliphatic carbocycles. The average Bonchev–Trinajstić information content (AvgIpc) is 3.07. The van der Waals surface area contributed by atoms with Gasteiger partial charge in [-0.25, -0.2) is 4.79 Å². The molecule has 27 heavy (non-hydrogen) atoms. The molecule has 0 fully saturated rings. The normalized spacial score (nSPS) is 16.6. The third-order valence-corrected chi connectivity index (χ3v) is 4.07. The summed E-state index contributed by atoms with van der Waals surface area (Å²) in [7, 11) is 0. The van der Waals surface area contributed by atoms with E-state index in [0.29, 0.717) is 4.61 Å². The third-order valence-electron chi connectivity index (χ3n) is 3.65. The molecule has 1 aromatic rings. The maximum absolute atomic E-state index is 11.9. The Morgan fingerprint density at radius 2 is 2.04 bits per heavy atom. The van der Waals surface area contributed by atoms with Gasteiger partial charge in [0, 0.05) is 6.42 Å². The standard InChI is InChI=1S/C17H21BrN4O5/c18-14-8-12(27-22-14)9-20-15(23)7-6-13(16(19)24)21-17(25)26-10-11-4-2-1-3-5-11/h1-5,8,12-13,22H,6-7,9-10H2,(H2,19,24)(H,20,23)(H,21,25)/t12?,13-/m0/s1. The smallest absolute Gasteiger partial charge is 0.408 e. The lowest BCUT2D eigenvalue weighted by Crippen LogP contribution is -2.45. The van der Waals surface area contributed by atoms with Crippen LogP contribution in [0.15, 0.2) is 41.0 Å². The van der Waals surface area contributed by atoms with Gasteiger partial charge in [-0.15, -0.1) is 0 Å². The molecule has 0 bridgehead atoms. The molecule has 9 nitrogen and oxygen atoms in total. The number of benzene rings is 1. The highest BCUT2D eigenvalue weighted by Gasteiger charge is 2.21. The van der Waals surface area contributed by atoms with Crippen LogP contribution in [0.1, 0.15) is 18.4 Å². The number of amides is 3. The van der Waals surface area contributed by atoms with Crippen LogP contribution >= 0.6 is 15.9 Å². The number of hydroxylamine groups is 1. The Morgan fingerprint density at radius 1 is 1.30 bits per heavy atom. The molecule has 1 heterocycles. The van der Waals surface area contributed by atoms with Gasteiger partial charge in [0.05, 0.1) is 6.54 Å². The van der Waals surface area contributed by atoms with Gasteiger partial charge in [0.2, 0.25) is 11.8 Å². The molecule has 0 aromatic heterocycles. The summed E-state index contributed by atoms with van der Waals surface area (Å²) in [6.07, 6.45) is 0.768. The number of nitrogens with one attached hydrogen (secondary N) is 3. The van der Waals surface area contributed by atoms with Crippen molar-refractivity contribution in [2.24, 2.45) is 5.73 Å². The molecule has 0 radical (unpaired) electrons. The van der Waals surface area contributed by atoms with Crippen LogP contribution in [-0.4, -0.2) is 36.6 Å². The molecule has 2 atom stereocenters. The van der Waals surface area contributed by atoms with E-state index in [0.717, 1.165) is 5.56 Å². The number of rotatable bonds is 9. The minimum atomic E-state index is -1.00. The minimum absolute atomic E-state index is 0.0115. The van der Waals surface area contributed by atoms with Crippen LogP contribution in [0.5, 0.6) is 0 Å². The van der Waals surface area contributed by atoms with E-state index in [1.165, 1.54) is 0 Å². The first-order valence-electron chi connectivity index (χ1n) is 8.26. The second kappa shape index (κ2) is 10.5. The topological polar surface area (TPSA) is 132 Å². The van der Waals surface area contributed by atoms with E-state index in [1.54, 1.807) is 18.2 Å². The highest BCUT2D eigenvalue weighted by atomic mass is 79.9. The number of nitrogens with two attached hydrogens (primary N) is 1. The Balaban J connectivity index is 1.70. The second-order valence-corrected chi connectivity index (χ2v) is 6.63. The van der Waals surface area contributed by atoms with Crippen LogP contribution < -0.4 is 21.8 Å². The van der Waals surface area contributed by atoms with Crippen molar-refractivity contribution < 1.29 is 24.0 Å². The number of hydrogen-bond donors (Lipinski definition) is 4. The van der Waals surface area contributed by atoms with Crippen molar-refractivity contribution in [1.82, 2.24) is 16.1 Å². The maximum atomic E-state index is 11.9. The lowest BCUT2D eigenvalue weighted by atomic mass is 10.1. The number of ether oxygens (including phenoxy) is 1. The van der Waals surface area contributed by atoms with E-state index >= 15 is 0 Å². The Kier molecular flexibility index (Phi) is 8.08. The number of carbonyl (C=O) groups is 3. The van der Waals surface area contributed by atoms with Gasteiger partial charge in [-0.2, -0.15) is 0 Å². The second-order valence-electron chi connectivity index (χ2n) is 5.78. The lowest BCUT2D eigenvalue weighted by Gasteiger charge is -2.15. The predicted molar refractivity (Wildman–Crippen MR) is 100 cm³/mol. The summed E-state index contributed by atoms with van der Waals surface area (Å²) in [5, 5.41) is 5.05. The Labute approximate surface area is 164 Å². The molecular weight excluding hydrogens is 420 g/mol. The van der Waals surface area contributed by atoms with Crippen molar-refractivity contribution in [3.63, 3.8) is 0 Å².